The molecule has 2 rings (SSSR count). The maximum atomic E-state index is 12.5. The summed E-state index contributed by atoms with van der Waals surface area (Å²) < 4.78 is 26.7. The van der Waals surface area contributed by atoms with Crippen LogP contribution in [0.4, 0.5) is 0 Å². The third-order valence-corrected chi connectivity index (χ3v) is 6.81. The van der Waals surface area contributed by atoms with Crippen LogP contribution in [0, 0.1) is 0 Å². The van der Waals surface area contributed by atoms with Gasteiger partial charge in [0, 0.05) is 18.0 Å². The second-order valence-corrected chi connectivity index (χ2v) is 7.80. The third kappa shape index (κ3) is 2.98. The Hall–Kier alpha value is -0.920. The topological polar surface area (TPSA) is 74.7 Å². The van der Waals surface area contributed by atoms with Gasteiger partial charge in [-0.2, -0.15) is 4.31 Å². The maximum absolute atomic E-state index is 12.5. The van der Waals surface area contributed by atoms with Crippen molar-refractivity contribution in [1.29, 1.82) is 0 Å². The van der Waals surface area contributed by atoms with E-state index in [2.05, 4.69) is 0 Å². The zero-order valence-corrected chi connectivity index (χ0v) is 12.3. The van der Waals surface area contributed by atoms with Crippen molar-refractivity contribution in [1.82, 2.24) is 4.31 Å². The second-order valence-electron chi connectivity index (χ2n) is 4.77. The predicted molar refractivity (Wildman–Crippen MR) is 73.1 cm³/mol. The molecule has 0 amide bonds. The number of nitrogens with zero attached hydrogens (tertiary/aromatic N) is 1. The number of rotatable bonds is 3. The van der Waals surface area contributed by atoms with Gasteiger partial charge in [-0.15, -0.1) is 11.3 Å². The summed E-state index contributed by atoms with van der Waals surface area (Å²) in [5.41, 5.74) is 0.0334. The van der Waals surface area contributed by atoms with E-state index >= 15 is 0 Å². The fourth-order valence-electron chi connectivity index (χ4n) is 2.29. The normalized spacial score (nSPS) is 22.1. The lowest BCUT2D eigenvalue weighted by Crippen LogP contribution is -2.37. The number of hydrogen-bond donors (Lipinski definition) is 1. The molecule has 1 N–H and O–H groups in total. The van der Waals surface area contributed by atoms with Crippen molar-refractivity contribution in [3.8, 4) is 0 Å². The van der Waals surface area contributed by atoms with Gasteiger partial charge >= 0.3 is 5.97 Å². The van der Waals surface area contributed by atoms with Gasteiger partial charge < -0.3 is 5.11 Å². The molecule has 0 radical (unpaired) electrons. The molecule has 1 atom stereocenters. The van der Waals surface area contributed by atoms with Crippen molar-refractivity contribution >= 4 is 27.3 Å². The Labute approximate surface area is 116 Å². The highest BCUT2D eigenvalue weighted by molar-refractivity contribution is 7.91. The van der Waals surface area contributed by atoms with Gasteiger partial charge in [-0.25, -0.2) is 13.2 Å². The van der Waals surface area contributed by atoms with Crippen LogP contribution in [0.25, 0.3) is 0 Å². The Morgan fingerprint density at radius 3 is 2.79 bits per heavy atom. The minimum absolute atomic E-state index is 0.0251. The summed E-state index contributed by atoms with van der Waals surface area (Å²) >= 11 is 0.977. The van der Waals surface area contributed by atoms with Gasteiger partial charge in [0.05, 0.1) is 5.56 Å². The summed E-state index contributed by atoms with van der Waals surface area (Å²) in [5, 5.41) is 10.2. The highest BCUT2D eigenvalue weighted by Crippen LogP contribution is 2.28. The molecule has 1 saturated heterocycles. The van der Waals surface area contributed by atoms with Gasteiger partial charge in [-0.05, 0) is 25.8 Å². The Kier molecular flexibility index (Phi) is 4.27. The molecular weight excluding hydrogens is 286 g/mol. The third-order valence-electron chi connectivity index (χ3n) is 3.38. The average Bonchev–Trinajstić information content (AvgIpc) is 2.74. The first-order chi connectivity index (χ1) is 8.93. The van der Waals surface area contributed by atoms with Gasteiger partial charge in [0.2, 0.25) is 0 Å². The largest absolute Gasteiger partial charge is 0.478 e. The molecule has 5 nitrogen and oxygen atoms in total. The molecule has 1 unspecified atom stereocenters. The summed E-state index contributed by atoms with van der Waals surface area (Å²) in [7, 11) is -3.56. The molecular formula is C12H17NO4S2. The minimum atomic E-state index is -3.56. The van der Waals surface area contributed by atoms with Crippen LogP contribution < -0.4 is 0 Å². The molecule has 0 aromatic carbocycles. The summed E-state index contributed by atoms with van der Waals surface area (Å²) in [6, 6.07) is 1.22. The van der Waals surface area contributed by atoms with Crippen molar-refractivity contribution in [2.24, 2.45) is 0 Å². The van der Waals surface area contributed by atoms with Crippen molar-refractivity contribution in [2.45, 2.75) is 42.9 Å². The Morgan fingerprint density at radius 1 is 1.42 bits per heavy atom. The van der Waals surface area contributed by atoms with E-state index in [1.807, 2.05) is 6.92 Å². The monoisotopic (exact) mass is 303 g/mol. The van der Waals surface area contributed by atoms with Crippen molar-refractivity contribution < 1.29 is 18.3 Å². The highest BCUT2D eigenvalue weighted by atomic mass is 32.2. The molecule has 0 bridgehead atoms. The molecule has 1 aromatic rings. The number of sulfonamides is 1. The number of carboxylic acids is 1. The van der Waals surface area contributed by atoms with Gasteiger partial charge in [0.25, 0.3) is 10.0 Å². The van der Waals surface area contributed by atoms with Crippen LogP contribution in [-0.4, -0.2) is 36.4 Å². The predicted octanol–water partition coefficient (Wildman–Crippen LogP) is 2.40. The Bertz CT molecular complexity index is 564. The molecule has 1 aliphatic heterocycles. The van der Waals surface area contributed by atoms with E-state index in [0.717, 1.165) is 37.0 Å². The second kappa shape index (κ2) is 5.60. The van der Waals surface area contributed by atoms with Crippen LogP contribution >= 0.6 is 11.3 Å². The zero-order chi connectivity index (χ0) is 14.0. The molecule has 1 aromatic heterocycles. The minimum Gasteiger partial charge on any atom is -0.478 e. The molecule has 19 heavy (non-hydrogen) atoms. The maximum Gasteiger partial charge on any atom is 0.336 e. The molecule has 1 fully saturated rings. The van der Waals surface area contributed by atoms with E-state index in [4.69, 9.17) is 5.11 Å². The van der Waals surface area contributed by atoms with E-state index in [9.17, 15) is 13.2 Å². The molecule has 0 saturated carbocycles. The smallest absolute Gasteiger partial charge is 0.336 e. The first kappa shape index (κ1) is 14.5. The summed E-state index contributed by atoms with van der Waals surface area (Å²) in [4.78, 5) is 10.8. The number of thiophene rings is 1. The highest BCUT2D eigenvalue weighted by Gasteiger charge is 2.31. The number of hydrogen-bond acceptors (Lipinski definition) is 4. The van der Waals surface area contributed by atoms with E-state index in [0.29, 0.717) is 6.54 Å². The van der Waals surface area contributed by atoms with E-state index in [-0.39, 0.29) is 15.8 Å². The lowest BCUT2D eigenvalue weighted by molar-refractivity contribution is 0.0697. The lowest BCUT2D eigenvalue weighted by Gasteiger charge is -2.25. The van der Waals surface area contributed by atoms with Crippen LogP contribution in [0.2, 0.25) is 0 Å². The molecule has 106 valence electrons. The molecule has 2 heterocycles. The molecule has 1 aliphatic rings. The van der Waals surface area contributed by atoms with Crippen molar-refractivity contribution in [3.05, 3.63) is 17.0 Å². The molecule has 7 heteroatoms. The van der Waals surface area contributed by atoms with E-state index in [1.54, 1.807) is 0 Å². The van der Waals surface area contributed by atoms with Crippen LogP contribution in [0.1, 0.15) is 43.0 Å². The number of carbonyl (C=O) groups is 1. The molecule has 0 spiro atoms. The molecule has 0 aliphatic carbocycles. The van der Waals surface area contributed by atoms with Crippen LogP contribution in [0.3, 0.4) is 0 Å². The van der Waals surface area contributed by atoms with Crippen LogP contribution in [0.15, 0.2) is 15.7 Å². The van der Waals surface area contributed by atoms with E-state index in [1.165, 1.54) is 15.8 Å². The standard InChI is InChI=1S/C12H17NO4S2/c1-9-5-3-2-4-6-13(9)19(16,17)11-7-10(8-18-11)12(14)15/h7-9H,2-6H2,1H3,(H,14,15). The lowest BCUT2D eigenvalue weighted by atomic mass is 10.1. The van der Waals surface area contributed by atoms with E-state index < -0.39 is 16.0 Å². The SMILES string of the molecule is CC1CCCCCN1S(=O)(=O)c1cc(C(=O)O)cs1. The van der Waals surface area contributed by atoms with Gasteiger partial charge in [-0.1, -0.05) is 12.8 Å². The first-order valence-corrected chi connectivity index (χ1v) is 8.58. The van der Waals surface area contributed by atoms with Gasteiger partial charge in [-0.3, -0.25) is 0 Å². The Morgan fingerprint density at radius 2 is 2.16 bits per heavy atom. The van der Waals surface area contributed by atoms with Crippen molar-refractivity contribution in [2.75, 3.05) is 6.54 Å². The summed E-state index contributed by atoms with van der Waals surface area (Å²) in [6.07, 6.45) is 3.80. The quantitative estimate of drug-likeness (QED) is 0.930. The van der Waals surface area contributed by atoms with Crippen LogP contribution in [0.5, 0.6) is 0 Å². The zero-order valence-electron chi connectivity index (χ0n) is 10.7. The van der Waals surface area contributed by atoms with Crippen molar-refractivity contribution in [3.63, 3.8) is 0 Å². The van der Waals surface area contributed by atoms with Gasteiger partial charge in [0.15, 0.2) is 0 Å². The van der Waals surface area contributed by atoms with Gasteiger partial charge in [0.1, 0.15) is 4.21 Å². The number of carboxylic acid groups (broad SMARTS) is 1. The van der Waals surface area contributed by atoms with Crippen LogP contribution in [-0.2, 0) is 10.0 Å². The summed E-state index contributed by atoms with van der Waals surface area (Å²) in [6.45, 7) is 2.43. The Balaban J connectivity index is 2.31. The fourth-order valence-corrected chi connectivity index (χ4v) is 5.27. The fraction of sp³-hybridized carbons (Fsp3) is 0.583. The first-order valence-electron chi connectivity index (χ1n) is 6.26. The summed E-state index contributed by atoms with van der Waals surface area (Å²) in [5.74, 6) is -1.10. The average molecular weight is 303 g/mol. The number of aromatic carboxylic acids is 1.